The third-order valence-electron chi connectivity index (χ3n) is 7.75. The van der Waals surface area contributed by atoms with Crippen molar-refractivity contribution in [1.82, 2.24) is 20.5 Å². The van der Waals surface area contributed by atoms with Crippen molar-refractivity contribution in [2.24, 2.45) is 11.8 Å². The minimum atomic E-state index is -3.18. The van der Waals surface area contributed by atoms with Gasteiger partial charge in [-0.25, -0.2) is 13.2 Å². The number of nitrogens with one attached hydrogen (secondary N) is 3. The summed E-state index contributed by atoms with van der Waals surface area (Å²) in [6.07, 6.45) is 1.06. The van der Waals surface area contributed by atoms with Crippen LogP contribution in [0, 0.1) is 29.0 Å². The highest BCUT2D eigenvalue weighted by atomic mass is 35.5. The number of H-pyrrole nitrogens is 1. The average Bonchev–Trinajstić information content (AvgIpc) is 3.33. The number of nitriles is 1. The molecule has 5 atom stereocenters. The van der Waals surface area contributed by atoms with Gasteiger partial charge in [-0.05, 0) is 50.3 Å². The van der Waals surface area contributed by atoms with Crippen LogP contribution in [0.25, 0.3) is 10.9 Å². The van der Waals surface area contributed by atoms with Crippen LogP contribution >= 0.6 is 11.6 Å². The Kier molecular flexibility index (Phi) is 6.56. The summed E-state index contributed by atoms with van der Waals surface area (Å²) in [5.41, 5.74) is 0.111. The van der Waals surface area contributed by atoms with Gasteiger partial charge in [0.25, 0.3) is 11.8 Å². The predicted octanol–water partition coefficient (Wildman–Crippen LogP) is 3.51. The van der Waals surface area contributed by atoms with Gasteiger partial charge in [-0.2, -0.15) is 5.26 Å². The molecule has 0 radical (unpaired) electrons. The van der Waals surface area contributed by atoms with Crippen LogP contribution in [-0.2, 0) is 9.59 Å². The fourth-order valence-corrected chi connectivity index (χ4v) is 6.16. The summed E-state index contributed by atoms with van der Waals surface area (Å²) in [5.74, 6) is -7.52. The normalized spacial score (nSPS) is 27.4. The fraction of sp³-hybridized carbons (Fsp3) is 0.520. The van der Waals surface area contributed by atoms with Crippen molar-refractivity contribution in [2.75, 3.05) is 6.54 Å². The Balaban J connectivity index is 1.43. The van der Waals surface area contributed by atoms with Crippen LogP contribution in [0.5, 0.6) is 0 Å². The largest absolute Gasteiger partial charge is 0.356 e. The molecule has 1 aromatic carbocycles. The lowest BCUT2D eigenvalue weighted by molar-refractivity contribution is -0.179. The number of alkyl halides is 2. The number of rotatable bonds is 5. The summed E-state index contributed by atoms with van der Waals surface area (Å²) in [5, 5.41) is 15.1. The summed E-state index contributed by atoms with van der Waals surface area (Å²) in [6, 6.07) is 2.15. The smallest absolute Gasteiger partial charge is 0.271 e. The van der Waals surface area contributed by atoms with Crippen LogP contribution in [0.4, 0.5) is 13.2 Å². The fourth-order valence-electron chi connectivity index (χ4n) is 5.95. The SMILES string of the molecule is N#C[C@@H](C[C@H]1CCCNC1=O)NC(=O)[C@H]1[C@H]2CC[C@H](CC2(F)F)N1C(=O)c1cc2c(F)ccc(Cl)c2[nH]1. The van der Waals surface area contributed by atoms with Gasteiger partial charge in [0.2, 0.25) is 11.8 Å². The molecule has 3 amide bonds. The summed E-state index contributed by atoms with van der Waals surface area (Å²) in [6.45, 7) is 0.541. The van der Waals surface area contributed by atoms with Gasteiger partial charge in [0.05, 0.1) is 22.5 Å². The molecule has 12 heteroatoms. The molecule has 1 aromatic heterocycles. The molecule has 3 N–H and O–H groups in total. The summed E-state index contributed by atoms with van der Waals surface area (Å²) in [7, 11) is 0. The van der Waals surface area contributed by atoms with Gasteiger partial charge in [-0.3, -0.25) is 14.4 Å². The lowest BCUT2D eigenvalue weighted by Gasteiger charge is -2.53. The van der Waals surface area contributed by atoms with Crippen molar-refractivity contribution in [3.8, 4) is 6.07 Å². The molecule has 0 spiro atoms. The number of nitrogens with zero attached hydrogens (tertiary/aromatic N) is 2. The zero-order valence-corrected chi connectivity index (χ0v) is 20.5. The van der Waals surface area contributed by atoms with Crippen LogP contribution < -0.4 is 10.6 Å². The molecule has 6 rings (SSSR count). The highest BCUT2D eigenvalue weighted by Gasteiger charge is 2.60. The van der Waals surface area contributed by atoms with E-state index in [4.69, 9.17) is 11.6 Å². The van der Waals surface area contributed by atoms with Gasteiger partial charge in [-0.15, -0.1) is 0 Å². The van der Waals surface area contributed by atoms with Crippen LogP contribution in [0.2, 0.25) is 5.02 Å². The lowest BCUT2D eigenvalue weighted by Crippen LogP contribution is -2.68. The molecular formula is C25H25ClF3N5O3. The number of fused-ring (bicyclic) bond motifs is 4. The zero-order valence-electron chi connectivity index (χ0n) is 19.7. The summed E-state index contributed by atoms with van der Waals surface area (Å²) in [4.78, 5) is 43.1. The maximum atomic E-state index is 15.0. The zero-order chi connectivity index (χ0) is 26.5. The molecule has 2 bridgehead atoms. The maximum Gasteiger partial charge on any atom is 0.271 e. The number of benzene rings is 1. The van der Waals surface area contributed by atoms with E-state index in [1.165, 1.54) is 12.1 Å². The second-order valence-corrected chi connectivity index (χ2v) is 10.4. The maximum absolute atomic E-state index is 15.0. The lowest BCUT2D eigenvalue weighted by atomic mass is 9.71. The highest BCUT2D eigenvalue weighted by Crippen LogP contribution is 2.49. The number of hydrogen-bond donors (Lipinski definition) is 3. The molecule has 4 heterocycles. The molecule has 2 aromatic rings. The molecule has 4 aliphatic rings. The van der Waals surface area contributed by atoms with Gasteiger partial charge in [0.1, 0.15) is 23.6 Å². The first kappa shape index (κ1) is 25.4. The minimum absolute atomic E-state index is 0.0366. The highest BCUT2D eigenvalue weighted by molar-refractivity contribution is 6.35. The number of carbonyl (C=O) groups excluding carboxylic acids is 3. The van der Waals surface area contributed by atoms with Crippen LogP contribution in [-0.4, -0.2) is 58.2 Å². The van der Waals surface area contributed by atoms with E-state index in [1.54, 1.807) is 0 Å². The molecule has 37 heavy (non-hydrogen) atoms. The first-order valence-corrected chi connectivity index (χ1v) is 12.6. The van der Waals surface area contributed by atoms with E-state index in [9.17, 15) is 32.8 Å². The van der Waals surface area contributed by atoms with Gasteiger partial charge in [0, 0.05) is 30.3 Å². The number of aromatic nitrogens is 1. The first-order valence-electron chi connectivity index (χ1n) is 12.3. The topological polar surface area (TPSA) is 118 Å². The van der Waals surface area contributed by atoms with Gasteiger partial charge >= 0.3 is 0 Å². The Morgan fingerprint density at radius 2 is 2.08 bits per heavy atom. The number of halogens is 4. The van der Waals surface area contributed by atoms with E-state index in [2.05, 4.69) is 15.6 Å². The Morgan fingerprint density at radius 1 is 1.30 bits per heavy atom. The quantitative estimate of drug-likeness (QED) is 0.543. The molecule has 1 saturated carbocycles. The van der Waals surface area contributed by atoms with Crippen molar-refractivity contribution in [3.05, 3.63) is 34.7 Å². The third kappa shape index (κ3) is 4.52. The van der Waals surface area contributed by atoms with Crippen molar-refractivity contribution in [1.29, 1.82) is 5.26 Å². The van der Waals surface area contributed by atoms with Crippen LogP contribution in [0.1, 0.15) is 49.0 Å². The monoisotopic (exact) mass is 535 g/mol. The standard InChI is InChI=1S/C25H25ClF3N5O3/c26-17-5-6-18(27)15-9-19(33-20(15)17)24(37)34-14-3-4-16(25(28,29)10-14)21(34)23(36)32-13(11-30)8-12-2-1-7-31-22(12)35/h5-6,9,12-14,16,21,33H,1-4,7-8,10H2,(H,31,35)(H,32,36)/t12-,13-,14-,16-,21-/m1/s1. The van der Waals surface area contributed by atoms with Crippen LogP contribution in [0.15, 0.2) is 18.2 Å². The number of hydrogen-bond acceptors (Lipinski definition) is 4. The molecule has 4 fully saturated rings. The van der Waals surface area contributed by atoms with E-state index >= 15 is 0 Å². The van der Waals surface area contributed by atoms with Gasteiger partial charge in [-0.1, -0.05) is 11.6 Å². The van der Waals surface area contributed by atoms with E-state index in [0.717, 1.165) is 17.4 Å². The van der Waals surface area contributed by atoms with Gasteiger partial charge < -0.3 is 20.5 Å². The van der Waals surface area contributed by atoms with Crippen LogP contribution in [0.3, 0.4) is 0 Å². The predicted molar refractivity (Wildman–Crippen MR) is 127 cm³/mol. The number of amides is 3. The van der Waals surface area contributed by atoms with E-state index in [0.29, 0.717) is 13.0 Å². The van der Waals surface area contributed by atoms with Crippen molar-refractivity contribution in [3.63, 3.8) is 0 Å². The first-order chi connectivity index (χ1) is 17.6. The molecule has 0 unspecified atom stereocenters. The Labute approximate surface area is 215 Å². The van der Waals surface area contributed by atoms with Crippen molar-refractivity contribution >= 4 is 40.2 Å². The van der Waals surface area contributed by atoms with Crippen molar-refractivity contribution in [2.45, 2.75) is 62.6 Å². The summed E-state index contributed by atoms with van der Waals surface area (Å²) < 4.78 is 44.2. The number of aromatic amines is 1. The Morgan fingerprint density at radius 3 is 2.76 bits per heavy atom. The second-order valence-electron chi connectivity index (χ2n) is 10.0. The third-order valence-corrected chi connectivity index (χ3v) is 8.07. The van der Waals surface area contributed by atoms with E-state index in [1.807, 2.05) is 6.07 Å². The Hall–Kier alpha value is -3.26. The second kappa shape index (κ2) is 9.56. The van der Waals surface area contributed by atoms with E-state index in [-0.39, 0.29) is 46.8 Å². The van der Waals surface area contributed by atoms with Gasteiger partial charge in [0.15, 0.2) is 0 Å². The molecule has 1 aliphatic carbocycles. The summed E-state index contributed by atoms with van der Waals surface area (Å²) >= 11 is 6.13. The molecular weight excluding hydrogens is 511 g/mol. The minimum Gasteiger partial charge on any atom is -0.356 e. The average molecular weight is 536 g/mol. The Bertz CT molecular complexity index is 1270. The molecule has 196 valence electrons. The molecule has 3 aliphatic heterocycles. The van der Waals surface area contributed by atoms with Crippen molar-refractivity contribution < 1.29 is 27.6 Å². The molecule has 3 saturated heterocycles. The van der Waals surface area contributed by atoms with E-state index < -0.39 is 59.9 Å². The number of carbonyl (C=O) groups is 3. The molecule has 8 nitrogen and oxygen atoms in total. The number of piperidine rings is 3.